The maximum absolute atomic E-state index is 12.1. The Morgan fingerprint density at radius 3 is 2.95 bits per heavy atom. The van der Waals surface area contributed by atoms with Gasteiger partial charge in [-0.3, -0.25) is 9.78 Å². The number of nitrogens with one attached hydrogen (secondary N) is 1. The predicted molar refractivity (Wildman–Crippen MR) is 76.4 cm³/mol. The van der Waals surface area contributed by atoms with Crippen LogP contribution in [0.1, 0.15) is 5.56 Å². The maximum Gasteiger partial charge on any atom is 0.242 e. The second kappa shape index (κ2) is 6.48. The molecule has 0 aliphatic carbocycles. The zero-order valence-electron chi connectivity index (χ0n) is 11.9. The van der Waals surface area contributed by atoms with Crippen molar-refractivity contribution in [2.24, 2.45) is 5.92 Å². The lowest BCUT2D eigenvalue weighted by atomic mass is 9.95. The first-order chi connectivity index (χ1) is 10.7. The van der Waals surface area contributed by atoms with Crippen molar-refractivity contribution < 1.29 is 9.53 Å². The van der Waals surface area contributed by atoms with Crippen LogP contribution in [0.3, 0.4) is 0 Å². The normalized spacial score (nSPS) is 20.9. The number of carbonyl (C=O) groups is 1. The van der Waals surface area contributed by atoms with Crippen LogP contribution in [0.5, 0.6) is 0 Å². The summed E-state index contributed by atoms with van der Waals surface area (Å²) in [6.45, 7) is 1.13. The third-order valence-corrected chi connectivity index (χ3v) is 3.64. The van der Waals surface area contributed by atoms with E-state index in [1.807, 2.05) is 12.1 Å². The Morgan fingerprint density at radius 2 is 2.23 bits per heavy atom. The minimum atomic E-state index is -0.186. The zero-order valence-corrected chi connectivity index (χ0v) is 11.9. The molecule has 1 amide bonds. The summed E-state index contributed by atoms with van der Waals surface area (Å²) < 4.78 is 6.75. The van der Waals surface area contributed by atoms with Crippen LogP contribution in [0.2, 0.25) is 0 Å². The molecule has 0 aromatic carbocycles. The Bertz CT molecular complexity index is 630. The van der Waals surface area contributed by atoms with Crippen LogP contribution < -0.4 is 11.1 Å². The molecular weight excluding hydrogens is 286 g/mol. The Kier molecular flexibility index (Phi) is 4.24. The van der Waals surface area contributed by atoms with Gasteiger partial charge >= 0.3 is 0 Å². The van der Waals surface area contributed by atoms with Gasteiger partial charge in [-0.2, -0.15) is 0 Å². The van der Waals surface area contributed by atoms with E-state index in [1.54, 1.807) is 12.4 Å². The number of ether oxygens (including phenoxy) is 1. The van der Waals surface area contributed by atoms with Crippen molar-refractivity contribution >= 4 is 11.9 Å². The third-order valence-electron chi connectivity index (χ3n) is 3.64. The van der Waals surface area contributed by atoms with E-state index in [4.69, 9.17) is 10.5 Å². The first-order valence-corrected chi connectivity index (χ1v) is 7.00. The second-order valence-corrected chi connectivity index (χ2v) is 5.23. The SMILES string of the molecule is Nc1nnnn1CC(=O)N[C@H]1COC[C@H]1Cc1ccncc1. The standard InChI is InChI=1S/C13H17N7O2/c14-13-17-18-19-20(13)6-12(21)16-11-8-22-7-10(11)5-9-1-3-15-4-2-9/h1-4,10-11H,5-8H2,(H,16,21)(H2,14,17,19)/t10-,11+/m1/s1. The first kappa shape index (κ1) is 14.4. The van der Waals surface area contributed by atoms with Crippen molar-refractivity contribution in [3.05, 3.63) is 30.1 Å². The number of anilines is 1. The first-order valence-electron chi connectivity index (χ1n) is 7.00. The molecule has 1 aliphatic rings. The van der Waals surface area contributed by atoms with Gasteiger partial charge in [0.25, 0.3) is 0 Å². The smallest absolute Gasteiger partial charge is 0.242 e. The number of tetrazole rings is 1. The highest BCUT2D eigenvalue weighted by molar-refractivity contribution is 5.76. The molecule has 9 nitrogen and oxygen atoms in total. The molecule has 1 aliphatic heterocycles. The van der Waals surface area contributed by atoms with E-state index < -0.39 is 0 Å². The van der Waals surface area contributed by atoms with Gasteiger partial charge < -0.3 is 15.8 Å². The molecule has 2 aromatic rings. The maximum atomic E-state index is 12.1. The molecular formula is C13H17N7O2. The Hall–Kier alpha value is -2.55. The van der Waals surface area contributed by atoms with E-state index in [0.29, 0.717) is 13.2 Å². The third kappa shape index (κ3) is 3.37. The highest BCUT2D eigenvalue weighted by Crippen LogP contribution is 2.19. The van der Waals surface area contributed by atoms with E-state index >= 15 is 0 Å². The van der Waals surface area contributed by atoms with Crippen LogP contribution in [-0.2, 0) is 22.5 Å². The van der Waals surface area contributed by atoms with Crippen LogP contribution >= 0.6 is 0 Å². The van der Waals surface area contributed by atoms with Gasteiger partial charge in [0.2, 0.25) is 11.9 Å². The average molecular weight is 303 g/mol. The van der Waals surface area contributed by atoms with E-state index in [-0.39, 0.29) is 30.4 Å². The Labute approximate surface area is 126 Å². The molecule has 9 heteroatoms. The van der Waals surface area contributed by atoms with Gasteiger partial charge in [-0.05, 0) is 34.5 Å². The number of nitrogens with two attached hydrogens (primary N) is 1. The molecule has 1 fully saturated rings. The highest BCUT2D eigenvalue weighted by atomic mass is 16.5. The summed E-state index contributed by atoms with van der Waals surface area (Å²) in [5.41, 5.74) is 6.72. The zero-order chi connectivity index (χ0) is 15.4. The van der Waals surface area contributed by atoms with Gasteiger partial charge in [0.05, 0.1) is 19.3 Å². The van der Waals surface area contributed by atoms with Gasteiger partial charge in [0.15, 0.2) is 0 Å². The fraction of sp³-hybridized carbons (Fsp3) is 0.462. The minimum absolute atomic E-state index is 0.00267. The topological polar surface area (TPSA) is 121 Å². The van der Waals surface area contributed by atoms with Crippen molar-refractivity contribution in [1.82, 2.24) is 30.5 Å². The van der Waals surface area contributed by atoms with Crippen LogP contribution in [0, 0.1) is 5.92 Å². The lowest BCUT2D eigenvalue weighted by Gasteiger charge is -2.19. The van der Waals surface area contributed by atoms with Gasteiger partial charge in [-0.25, -0.2) is 4.68 Å². The summed E-state index contributed by atoms with van der Waals surface area (Å²) in [5.74, 6) is 0.165. The molecule has 22 heavy (non-hydrogen) atoms. The fourth-order valence-corrected chi connectivity index (χ4v) is 2.49. The van der Waals surface area contributed by atoms with Gasteiger partial charge in [0.1, 0.15) is 6.54 Å². The minimum Gasteiger partial charge on any atom is -0.379 e. The number of pyridine rings is 1. The highest BCUT2D eigenvalue weighted by Gasteiger charge is 2.29. The molecule has 116 valence electrons. The van der Waals surface area contributed by atoms with Crippen LogP contribution in [0.4, 0.5) is 5.95 Å². The van der Waals surface area contributed by atoms with Crippen molar-refractivity contribution in [2.75, 3.05) is 18.9 Å². The Balaban J connectivity index is 1.57. The Morgan fingerprint density at radius 1 is 1.41 bits per heavy atom. The lowest BCUT2D eigenvalue weighted by molar-refractivity contribution is -0.122. The summed E-state index contributed by atoms with van der Waals surface area (Å²) in [4.78, 5) is 16.1. The molecule has 1 saturated heterocycles. The van der Waals surface area contributed by atoms with Crippen LogP contribution in [0.25, 0.3) is 0 Å². The molecule has 0 radical (unpaired) electrons. The van der Waals surface area contributed by atoms with E-state index in [9.17, 15) is 4.79 Å². The van der Waals surface area contributed by atoms with E-state index in [2.05, 4.69) is 25.8 Å². The monoisotopic (exact) mass is 303 g/mol. The summed E-state index contributed by atoms with van der Waals surface area (Å²) in [6.07, 6.45) is 4.36. The summed E-state index contributed by atoms with van der Waals surface area (Å²) >= 11 is 0. The van der Waals surface area contributed by atoms with Crippen LogP contribution in [0.15, 0.2) is 24.5 Å². The van der Waals surface area contributed by atoms with Gasteiger partial charge in [-0.15, -0.1) is 0 Å². The number of rotatable bonds is 5. The molecule has 3 rings (SSSR count). The van der Waals surface area contributed by atoms with Crippen molar-refractivity contribution in [3.8, 4) is 0 Å². The summed E-state index contributed by atoms with van der Waals surface area (Å²) in [5, 5.41) is 13.6. The van der Waals surface area contributed by atoms with Crippen molar-refractivity contribution in [2.45, 2.75) is 19.0 Å². The van der Waals surface area contributed by atoms with Crippen molar-refractivity contribution in [1.29, 1.82) is 0 Å². The van der Waals surface area contributed by atoms with Crippen LogP contribution in [-0.4, -0.2) is 50.4 Å². The number of hydrogen-bond acceptors (Lipinski definition) is 7. The quantitative estimate of drug-likeness (QED) is 0.728. The largest absolute Gasteiger partial charge is 0.379 e. The number of carbonyl (C=O) groups excluding carboxylic acids is 1. The molecule has 2 atom stereocenters. The predicted octanol–water partition coefficient (Wildman–Crippen LogP) is -0.976. The molecule has 3 N–H and O–H groups in total. The number of aromatic nitrogens is 5. The van der Waals surface area contributed by atoms with Gasteiger partial charge in [-0.1, -0.05) is 5.10 Å². The molecule has 2 aromatic heterocycles. The lowest BCUT2D eigenvalue weighted by Crippen LogP contribution is -2.42. The van der Waals surface area contributed by atoms with E-state index in [1.165, 1.54) is 10.2 Å². The van der Waals surface area contributed by atoms with Crippen molar-refractivity contribution in [3.63, 3.8) is 0 Å². The molecule has 0 unspecified atom stereocenters. The van der Waals surface area contributed by atoms with E-state index in [0.717, 1.165) is 6.42 Å². The molecule has 0 saturated carbocycles. The number of nitrogen functional groups attached to an aromatic ring is 1. The second-order valence-electron chi connectivity index (χ2n) is 5.23. The number of hydrogen-bond donors (Lipinski definition) is 2. The van der Waals surface area contributed by atoms with Gasteiger partial charge in [0, 0.05) is 18.3 Å². The summed E-state index contributed by atoms with van der Waals surface area (Å²) in [6, 6.07) is 3.91. The summed E-state index contributed by atoms with van der Waals surface area (Å²) in [7, 11) is 0. The number of nitrogens with zero attached hydrogens (tertiary/aromatic N) is 5. The number of amides is 1. The molecule has 0 bridgehead atoms. The molecule has 3 heterocycles. The fourth-order valence-electron chi connectivity index (χ4n) is 2.49. The molecule has 0 spiro atoms. The average Bonchev–Trinajstić information content (AvgIpc) is 3.10.